The van der Waals surface area contributed by atoms with Crippen molar-refractivity contribution in [3.05, 3.63) is 78.1 Å². The number of aliphatic hydroxyl groups excluding tert-OH is 1. The summed E-state index contributed by atoms with van der Waals surface area (Å²) in [6.07, 6.45) is 3.74. The van der Waals surface area contributed by atoms with Crippen LogP contribution in [-0.2, 0) is 6.54 Å². The molecule has 1 heterocycles. The van der Waals surface area contributed by atoms with Crippen LogP contribution in [0.5, 0.6) is 5.75 Å². The Morgan fingerprint density at radius 3 is 2.64 bits per heavy atom. The standard InChI is InChI=1S/C20H23N3O2/c1-16(19-5-2-3-6-20(19)23-12-4-11-22-23)21-15-17-7-9-18(10-8-17)25-14-13-24/h2-12,16,21,24H,13-15H2,1H3. The van der Waals surface area contributed by atoms with E-state index in [1.807, 2.05) is 53.3 Å². The Labute approximate surface area is 147 Å². The molecule has 0 radical (unpaired) electrons. The van der Waals surface area contributed by atoms with Gasteiger partial charge < -0.3 is 15.2 Å². The molecule has 5 heteroatoms. The molecule has 0 aliphatic heterocycles. The van der Waals surface area contributed by atoms with Gasteiger partial charge in [-0.1, -0.05) is 30.3 Å². The lowest BCUT2D eigenvalue weighted by Gasteiger charge is -2.18. The number of benzene rings is 2. The zero-order valence-electron chi connectivity index (χ0n) is 14.3. The first kappa shape index (κ1) is 17.2. The summed E-state index contributed by atoms with van der Waals surface area (Å²) in [4.78, 5) is 0. The second-order valence-corrected chi connectivity index (χ2v) is 5.83. The van der Waals surface area contributed by atoms with Gasteiger partial charge in [0.05, 0.1) is 12.3 Å². The molecular formula is C20H23N3O2. The summed E-state index contributed by atoms with van der Waals surface area (Å²) in [5.74, 6) is 0.773. The number of hydrogen-bond donors (Lipinski definition) is 2. The van der Waals surface area contributed by atoms with Crippen molar-refractivity contribution in [3.8, 4) is 11.4 Å². The summed E-state index contributed by atoms with van der Waals surface area (Å²) in [6, 6.07) is 18.3. The Hall–Kier alpha value is -2.63. The number of rotatable bonds is 8. The van der Waals surface area contributed by atoms with E-state index in [-0.39, 0.29) is 12.6 Å². The minimum Gasteiger partial charge on any atom is -0.491 e. The molecule has 3 rings (SSSR count). The van der Waals surface area contributed by atoms with Crippen molar-refractivity contribution in [1.82, 2.24) is 15.1 Å². The Bertz CT molecular complexity index is 770. The fourth-order valence-corrected chi connectivity index (χ4v) is 2.72. The number of ether oxygens (including phenoxy) is 1. The first-order valence-corrected chi connectivity index (χ1v) is 8.43. The first-order valence-electron chi connectivity index (χ1n) is 8.43. The first-order chi connectivity index (χ1) is 12.3. The molecule has 3 aromatic rings. The molecular weight excluding hydrogens is 314 g/mol. The average molecular weight is 337 g/mol. The van der Waals surface area contributed by atoms with Gasteiger partial charge in [-0.15, -0.1) is 0 Å². The van der Waals surface area contributed by atoms with Crippen molar-refractivity contribution in [2.45, 2.75) is 19.5 Å². The van der Waals surface area contributed by atoms with E-state index in [9.17, 15) is 0 Å². The van der Waals surface area contributed by atoms with E-state index in [0.29, 0.717) is 6.61 Å². The van der Waals surface area contributed by atoms with Gasteiger partial charge >= 0.3 is 0 Å². The van der Waals surface area contributed by atoms with Crippen molar-refractivity contribution in [2.75, 3.05) is 13.2 Å². The molecule has 0 spiro atoms. The molecule has 5 nitrogen and oxygen atoms in total. The number of aromatic nitrogens is 2. The highest BCUT2D eigenvalue weighted by atomic mass is 16.5. The van der Waals surface area contributed by atoms with Crippen LogP contribution >= 0.6 is 0 Å². The van der Waals surface area contributed by atoms with Crippen LogP contribution in [0, 0.1) is 0 Å². The molecule has 0 saturated heterocycles. The molecule has 0 aliphatic carbocycles. The number of nitrogens with one attached hydrogen (secondary N) is 1. The van der Waals surface area contributed by atoms with Crippen LogP contribution in [0.1, 0.15) is 24.1 Å². The summed E-state index contributed by atoms with van der Waals surface area (Å²) in [7, 11) is 0. The molecule has 0 amide bonds. The van der Waals surface area contributed by atoms with Gasteiger partial charge in [-0.25, -0.2) is 4.68 Å². The number of para-hydroxylation sites is 1. The van der Waals surface area contributed by atoms with Crippen LogP contribution in [0.2, 0.25) is 0 Å². The zero-order chi connectivity index (χ0) is 17.5. The summed E-state index contributed by atoms with van der Waals surface area (Å²) >= 11 is 0. The van der Waals surface area contributed by atoms with Crippen molar-refractivity contribution in [3.63, 3.8) is 0 Å². The van der Waals surface area contributed by atoms with E-state index < -0.39 is 0 Å². The van der Waals surface area contributed by atoms with Gasteiger partial charge in [-0.2, -0.15) is 5.10 Å². The molecule has 130 valence electrons. The van der Waals surface area contributed by atoms with Crippen molar-refractivity contribution < 1.29 is 9.84 Å². The highest BCUT2D eigenvalue weighted by molar-refractivity contribution is 5.42. The van der Waals surface area contributed by atoms with E-state index in [2.05, 4.69) is 29.5 Å². The van der Waals surface area contributed by atoms with Gasteiger partial charge in [0.2, 0.25) is 0 Å². The fourth-order valence-electron chi connectivity index (χ4n) is 2.72. The smallest absolute Gasteiger partial charge is 0.119 e. The predicted octanol–water partition coefficient (Wildman–Crippen LogP) is 3.09. The highest BCUT2D eigenvalue weighted by Gasteiger charge is 2.11. The Morgan fingerprint density at radius 1 is 1.12 bits per heavy atom. The monoisotopic (exact) mass is 337 g/mol. The average Bonchev–Trinajstić information content (AvgIpc) is 3.20. The number of aliphatic hydroxyl groups is 1. The number of hydrogen-bond acceptors (Lipinski definition) is 4. The molecule has 1 unspecified atom stereocenters. The SMILES string of the molecule is CC(NCc1ccc(OCCO)cc1)c1ccccc1-n1cccn1. The molecule has 0 saturated carbocycles. The lowest BCUT2D eigenvalue weighted by Crippen LogP contribution is -2.19. The maximum atomic E-state index is 8.79. The highest BCUT2D eigenvalue weighted by Crippen LogP contribution is 2.21. The summed E-state index contributed by atoms with van der Waals surface area (Å²) in [5.41, 5.74) is 3.47. The molecule has 0 fully saturated rings. The Morgan fingerprint density at radius 2 is 1.92 bits per heavy atom. The quantitative estimate of drug-likeness (QED) is 0.663. The molecule has 1 aromatic heterocycles. The lowest BCUT2D eigenvalue weighted by molar-refractivity contribution is 0.201. The van der Waals surface area contributed by atoms with E-state index >= 15 is 0 Å². The molecule has 25 heavy (non-hydrogen) atoms. The van der Waals surface area contributed by atoms with E-state index in [4.69, 9.17) is 9.84 Å². The van der Waals surface area contributed by atoms with Crippen molar-refractivity contribution in [2.24, 2.45) is 0 Å². The maximum absolute atomic E-state index is 8.79. The minimum atomic E-state index is 0.0243. The van der Waals surface area contributed by atoms with Crippen LogP contribution in [0.3, 0.4) is 0 Å². The van der Waals surface area contributed by atoms with E-state index in [1.54, 1.807) is 6.20 Å². The van der Waals surface area contributed by atoms with Crippen molar-refractivity contribution in [1.29, 1.82) is 0 Å². The summed E-state index contributed by atoms with van der Waals surface area (Å²) < 4.78 is 7.27. The normalized spacial score (nSPS) is 12.1. The third-order valence-corrected chi connectivity index (χ3v) is 4.05. The molecule has 0 bridgehead atoms. The summed E-state index contributed by atoms with van der Waals surface area (Å²) in [5, 5.41) is 16.7. The minimum absolute atomic E-state index is 0.0243. The fraction of sp³-hybridized carbons (Fsp3) is 0.250. The van der Waals surface area contributed by atoms with Gasteiger partial charge in [0.25, 0.3) is 0 Å². The predicted molar refractivity (Wildman–Crippen MR) is 97.8 cm³/mol. The summed E-state index contributed by atoms with van der Waals surface area (Å²) in [6.45, 7) is 3.26. The van der Waals surface area contributed by atoms with Gasteiger partial charge in [0.15, 0.2) is 0 Å². The molecule has 2 N–H and O–H groups in total. The van der Waals surface area contributed by atoms with E-state index in [0.717, 1.165) is 18.0 Å². The number of nitrogens with zero attached hydrogens (tertiary/aromatic N) is 2. The Balaban J connectivity index is 1.64. The van der Waals surface area contributed by atoms with Gasteiger partial charge in [0, 0.05) is 25.0 Å². The third kappa shape index (κ3) is 4.47. The largest absolute Gasteiger partial charge is 0.491 e. The third-order valence-electron chi connectivity index (χ3n) is 4.05. The van der Waals surface area contributed by atoms with Crippen molar-refractivity contribution >= 4 is 0 Å². The van der Waals surface area contributed by atoms with Crippen LogP contribution in [0.4, 0.5) is 0 Å². The Kier molecular flexibility index (Phi) is 5.82. The van der Waals surface area contributed by atoms with Crippen LogP contribution < -0.4 is 10.1 Å². The van der Waals surface area contributed by atoms with Gasteiger partial charge in [0.1, 0.15) is 12.4 Å². The zero-order valence-corrected chi connectivity index (χ0v) is 14.3. The van der Waals surface area contributed by atoms with E-state index in [1.165, 1.54) is 11.1 Å². The second-order valence-electron chi connectivity index (χ2n) is 5.83. The maximum Gasteiger partial charge on any atom is 0.119 e. The van der Waals surface area contributed by atoms with Gasteiger partial charge in [-0.3, -0.25) is 0 Å². The molecule has 2 aromatic carbocycles. The van der Waals surface area contributed by atoms with Crippen LogP contribution in [0.15, 0.2) is 67.0 Å². The molecule has 1 atom stereocenters. The van der Waals surface area contributed by atoms with Crippen LogP contribution in [-0.4, -0.2) is 28.1 Å². The topological polar surface area (TPSA) is 59.3 Å². The van der Waals surface area contributed by atoms with Gasteiger partial charge in [-0.05, 0) is 42.3 Å². The van der Waals surface area contributed by atoms with Crippen LogP contribution in [0.25, 0.3) is 5.69 Å². The lowest BCUT2D eigenvalue weighted by atomic mass is 10.1. The second kappa shape index (κ2) is 8.46. The molecule has 0 aliphatic rings.